The van der Waals surface area contributed by atoms with E-state index in [1.54, 1.807) is 30.3 Å². The quantitative estimate of drug-likeness (QED) is 0.753. The minimum atomic E-state index is -0.259. The first-order chi connectivity index (χ1) is 13.5. The molecule has 1 aliphatic heterocycles. The fourth-order valence-electron chi connectivity index (χ4n) is 3.15. The van der Waals surface area contributed by atoms with Crippen LogP contribution < -0.4 is 15.0 Å². The predicted molar refractivity (Wildman–Crippen MR) is 103 cm³/mol. The summed E-state index contributed by atoms with van der Waals surface area (Å²) in [5, 5.41) is 6.69. The van der Waals surface area contributed by atoms with Crippen molar-refractivity contribution in [2.75, 3.05) is 16.8 Å². The predicted octanol–water partition coefficient (Wildman–Crippen LogP) is 3.47. The number of benzene rings is 2. The van der Waals surface area contributed by atoms with Crippen molar-refractivity contribution < 1.29 is 18.8 Å². The van der Waals surface area contributed by atoms with Crippen molar-refractivity contribution in [2.24, 2.45) is 0 Å². The molecule has 142 valence electrons. The van der Waals surface area contributed by atoms with Crippen LogP contribution >= 0.6 is 0 Å². The summed E-state index contributed by atoms with van der Waals surface area (Å²) in [4.78, 5) is 26.5. The smallest absolute Gasteiger partial charge is 0.258 e. The maximum absolute atomic E-state index is 13.1. The molecule has 3 aromatic rings. The molecular weight excluding hydrogens is 358 g/mol. The molecule has 2 aromatic carbocycles. The van der Waals surface area contributed by atoms with E-state index < -0.39 is 0 Å². The lowest BCUT2D eigenvalue weighted by Crippen LogP contribution is -2.42. The van der Waals surface area contributed by atoms with Crippen LogP contribution in [0.1, 0.15) is 27.4 Å². The number of hydrogen-bond donors (Lipinski definition) is 1. The molecule has 0 radical (unpaired) electrons. The van der Waals surface area contributed by atoms with Gasteiger partial charge in [0.1, 0.15) is 24.7 Å². The van der Waals surface area contributed by atoms with Crippen molar-refractivity contribution in [1.29, 1.82) is 0 Å². The van der Waals surface area contributed by atoms with Gasteiger partial charge in [-0.1, -0.05) is 23.4 Å². The van der Waals surface area contributed by atoms with Crippen molar-refractivity contribution in [3.63, 3.8) is 0 Å². The van der Waals surface area contributed by atoms with Gasteiger partial charge in [-0.25, -0.2) is 0 Å². The second kappa shape index (κ2) is 7.19. The highest BCUT2D eigenvalue weighted by atomic mass is 16.5. The van der Waals surface area contributed by atoms with E-state index >= 15 is 0 Å². The molecule has 0 saturated heterocycles. The third kappa shape index (κ3) is 3.34. The minimum absolute atomic E-state index is 0.0278. The summed E-state index contributed by atoms with van der Waals surface area (Å²) in [5.41, 5.74) is 3.41. The third-order valence-electron chi connectivity index (χ3n) is 4.66. The Balaban J connectivity index is 1.56. The van der Waals surface area contributed by atoms with Crippen LogP contribution in [0, 0.1) is 13.8 Å². The van der Waals surface area contributed by atoms with Crippen LogP contribution in [0.25, 0.3) is 0 Å². The fourth-order valence-corrected chi connectivity index (χ4v) is 3.15. The van der Waals surface area contributed by atoms with E-state index in [1.165, 1.54) is 4.90 Å². The summed E-state index contributed by atoms with van der Waals surface area (Å²) in [7, 11) is 0. The highest BCUT2D eigenvalue weighted by molar-refractivity contribution is 6.15. The number of amides is 2. The molecule has 7 heteroatoms. The first kappa shape index (κ1) is 17.8. The number of hydrogen-bond acceptors (Lipinski definition) is 5. The molecule has 0 bridgehead atoms. The van der Waals surface area contributed by atoms with E-state index in [4.69, 9.17) is 9.26 Å². The zero-order chi connectivity index (χ0) is 19.7. The van der Waals surface area contributed by atoms with Crippen LogP contribution in [0.15, 0.2) is 53.1 Å². The normalized spacial score (nSPS) is 13.1. The lowest BCUT2D eigenvalue weighted by atomic mass is 10.1. The van der Waals surface area contributed by atoms with Crippen LogP contribution in [-0.4, -0.2) is 23.5 Å². The molecule has 2 amide bonds. The van der Waals surface area contributed by atoms with E-state index in [2.05, 4.69) is 10.5 Å². The average molecular weight is 377 g/mol. The standard InChI is InChI=1S/C21H19N3O4/c1-13-17(14(2)28-23-13)12-27-16-7-5-6-15(10-16)21(26)24-11-20(25)22-18-8-3-4-9-19(18)24/h3-10H,11-12H2,1-2H3,(H,22,25). The van der Waals surface area contributed by atoms with Crippen molar-refractivity contribution in [2.45, 2.75) is 20.5 Å². The van der Waals surface area contributed by atoms with Crippen LogP contribution in [0.5, 0.6) is 5.75 Å². The van der Waals surface area contributed by atoms with Crippen molar-refractivity contribution >= 4 is 23.2 Å². The number of carbonyl (C=O) groups is 2. The van der Waals surface area contributed by atoms with Crippen LogP contribution in [-0.2, 0) is 11.4 Å². The van der Waals surface area contributed by atoms with Crippen molar-refractivity contribution in [3.05, 3.63) is 71.1 Å². The summed E-state index contributed by atoms with van der Waals surface area (Å²) in [6, 6.07) is 14.2. The molecule has 1 aromatic heterocycles. The van der Waals surface area contributed by atoms with Gasteiger partial charge in [-0.15, -0.1) is 0 Å². The Bertz CT molecular complexity index is 1040. The SMILES string of the molecule is Cc1noc(C)c1COc1cccc(C(=O)N2CC(=O)Nc3ccccc32)c1. The van der Waals surface area contributed by atoms with Crippen LogP contribution in [0.4, 0.5) is 11.4 Å². The van der Waals surface area contributed by atoms with Gasteiger partial charge in [0.15, 0.2) is 0 Å². The number of aryl methyl sites for hydroxylation is 2. The van der Waals surface area contributed by atoms with Crippen molar-refractivity contribution in [3.8, 4) is 5.75 Å². The molecule has 1 aliphatic rings. The number of aromatic nitrogens is 1. The fraction of sp³-hybridized carbons (Fsp3) is 0.190. The summed E-state index contributed by atoms with van der Waals surface area (Å²) >= 11 is 0. The highest BCUT2D eigenvalue weighted by Crippen LogP contribution is 2.30. The lowest BCUT2D eigenvalue weighted by Gasteiger charge is -2.29. The van der Waals surface area contributed by atoms with Gasteiger partial charge in [0.2, 0.25) is 5.91 Å². The van der Waals surface area contributed by atoms with Gasteiger partial charge in [0, 0.05) is 5.56 Å². The maximum atomic E-state index is 13.1. The van der Waals surface area contributed by atoms with Gasteiger partial charge >= 0.3 is 0 Å². The first-order valence-corrected chi connectivity index (χ1v) is 8.88. The summed E-state index contributed by atoms with van der Waals surface area (Å²) in [5.74, 6) is 0.782. The number of rotatable bonds is 4. The van der Waals surface area contributed by atoms with Gasteiger partial charge in [0.25, 0.3) is 5.91 Å². The van der Waals surface area contributed by atoms with E-state index in [-0.39, 0.29) is 18.4 Å². The molecule has 4 rings (SSSR count). The van der Waals surface area contributed by atoms with E-state index in [1.807, 2.05) is 32.0 Å². The second-order valence-corrected chi connectivity index (χ2v) is 6.58. The van der Waals surface area contributed by atoms with Gasteiger partial charge in [-0.3, -0.25) is 14.5 Å². The molecule has 0 atom stereocenters. The van der Waals surface area contributed by atoms with Crippen LogP contribution in [0.2, 0.25) is 0 Å². The van der Waals surface area contributed by atoms with E-state index in [9.17, 15) is 9.59 Å². The maximum Gasteiger partial charge on any atom is 0.258 e. The molecule has 7 nitrogen and oxygen atoms in total. The molecule has 2 heterocycles. The molecule has 0 spiro atoms. The third-order valence-corrected chi connectivity index (χ3v) is 4.66. The zero-order valence-electron chi connectivity index (χ0n) is 15.6. The number of anilines is 2. The second-order valence-electron chi connectivity index (χ2n) is 6.58. The Kier molecular flexibility index (Phi) is 4.57. The summed E-state index contributed by atoms with van der Waals surface area (Å²) < 4.78 is 11.0. The van der Waals surface area contributed by atoms with Gasteiger partial charge in [-0.2, -0.15) is 0 Å². The van der Waals surface area contributed by atoms with Gasteiger partial charge < -0.3 is 14.6 Å². The largest absolute Gasteiger partial charge is 0.489 e. The molecule has 0 unspecified atom stereocenters. The molecule has 0 aliphatic carbocycles. The highest BCUT2D eigenvalue weighted by Gasteiger charge is 2.27. The Hall–Kier alpha value is -3.61. The topological polar surface area (TPSA) is 84.7 Å². The first-order valence-electron chi connectivity index (χ1n) is 8.88. The monoisotopic (exact) mass is 377 g/mol. The van der Waals surface area contributed by atoms with Crippen LogP contribution in [0.3, 0.4) is 0 Å². The van der Waals surface area contributed by atoms with Crippen molar-refractivity contribution in [1.82, 2.24) is 5.16 Å². The number of fused-ring (bicyclic) bond motifs is 1. The number of carbonyl (C=O) groups excluding carboxylic acids is 2. The Morgan fingerprint density at radius 3 is 2.82 bits per heavy atom. The molecule has 28 heavy (non-hydrogen) atoms. The number of nitrogens with zero attached hydrogens (tertiary/aromatic N) is 2. The van der Waals surface area contributed by atoms with Gasteiger partial charge in [0.05, 0.1) is 22.6 Å². The zero-order valence-corrected chi connectivity index (χ0v) is 15.6. The molecular formula is C21H19N3O4. The molecule has 1 N–H and O–H groups in total. The Morgan fingerprint density at radius 2 is 2.04 bits per heavy atom. The minimum Gasteiger partial charge on any atom is -0.489 e. The summed E-state index contributed by atoms with van der Waals surface area (Å²) in [6.45, 7) is 3.96. The average Bonchev–Trinajstić information content (AvgIpc) is 3.03. The number of para-hydroxylation sites is 2. The lowest BCUT2D eigenvalue weighted by molar-refractivity contribution is -0.115. The Labute approximate surface area is 161 Å². The Morgan fingerprint density at radius 1 is 1.21 bits per heavy atom. The molecule has 0 saturated carbocycles. The number of nitrogens with one attached hydrogen (secondary N) is 1. The number of ether oxygens (including phenoxy) is 1. The van der Waals surface area contributed by atoms with E-state index in [0.29, 0.717) is 35.1 Å². The van der Waals surface area contributed by atoms with Gasteiger partial charge in [-0.05, 0) is 44.2 Å². The molecule has 0 fully saturated rings. The summed E-state index contributed by atoms with van der Waals surface area (Å²) in [6.07, 6.45) is 0. The van der Waals surface area contributed by atoms with E-state index in [0.717, 1.165) is 11.3 Å².